The molecule has 3 aromatic heterocycles. The zero-order valence-corrected chi connectivity index (χ0v) is 24.6. The largest absolute Gasteiger partial charge is 0.391 e. The second kappa shape index (κ2) is 10.5. The van der Waals surface area contributed by atoms with Gasteiger partial charge in [0, 0.05) is 31.2 Å². The molecule has 214 valence electrons. The minimum Gasteiger partial charge on any atom is -0.391 e. The molecule has 4 N–H and O–H groups in total. The highest BCUT2D eigenvalue weighted by Crippen LogP contribution is 2.41. The van der Waals surface area contributed by atoms with Crippen molar-refractivity contribution >= 4 is 27.9 Å². The van der Waals surface area contributed by atoms with Crippen molar-refractivity contribution in [3.63, 3.8) is 0 Å². The fraction of sp³-hybridized carbons (Fsp3) is 0.594. The van der Waals surface area contributed by atoms with E-state index in [9.17, 15) is 5.11 Å². The molecule has 2 saturated carbocycles. The second-order valence-electron chi connectivity index (χ2n) is 13.7. The van der Waals surface area contributed by atoms with Gasteiger partial charge in [0.1, 0.15) is 23.6 Å². The number of aliphatic hydroxyl groups excluding tert-OH is 1. The summed E-state index contributed by atoms with van der Waals surface area (Å²) in [5, 5.41) is 11.9. The number of nitrogens with zero attached hydrogens (tertiary/aromatic N) is 5. The van der Waals surface area contributed by atoms with Crippen LogP contribution in [0.3, 0.4) is 0 Å². The molecule has 2 aliphatic rings. The molecule has 8 heteroatoms. The molecular formula is C32H45N7O. The minimum absolute atomic E-state index is 0.0308. The fourth-order valence-electron chi connectivity index (χ4n) is 7.07. The number of anilines is 1. The van der Waals surface area contributed by atoms with Crippen molar-refractivity contribution in [2.24, 2.45) is 11.8 Å². The molecule has 6 rings (SSSR count). The van der Waals surface area contributed by atoms with Crippen molar-refractivity contribution < 1.29 is 5.11 Å². The molecule has 1 aromatic carbocycles. The molecule has 0 saturated heterocycles. The number of benzene rings is 1. The van der Waals surface area contributed by atoms with Crippen molar-refractivity contribution in [1.82, 2.24) is 29.4 Å². The molecule has 0 amide bonds. The summed E-state index contributed by atoms with van der Waals surface area (Å²) in [5.41, 5.74) is 10.6. The Kier molecular flexibility index (Phi) is 7.11. The Morgan fingerprint density at radius 3 is 2.65 bits per heavy atom. The maximum atomic E-state index is 11.0. The van der Waals surface area contributed by atoms with Crippen molar-refractivity contribution in [1.29, 1.82) is 0 Å². The molecule has 8 nitrogen and oxygen atoms in total. The first-order valence-electron chi connectivity index (χ1n) is 15.1. The van der Waals surface area contributed by atoms with Crippen molar-refractivity contribution in [3.05, 3.63) is 48.2 Å². The van der Waals surface area contributed by atoms with E-state index >= 15 is 0 Å². The van der Waals surface area contributed by atoms with Crippen molar-refractivity contribution in [2.45, 2.75) is 103 Å². The van der Waals surface area contributed by atoms with Gasteiger partial charge in [-0.15, -0.1) is 0 Å². The van der Waals surface area contributed by atoms with Crippen LogP contribution in [-0.2, 0) is 11.8 Å². The van der Waals surface area contributed by atoms with Gasteiger partial charge in [-0.1, -0.05) is 26.8 Å². The molecular weight excluding hydrogens is 498 g/mol. The standard InChI is InChI=1S/C32H45N7O/c1-19(2)39(17-21-14-27(28(40)15-21)38-11-10-24-30(33)34-18-35-31(24)38)23-12-20(13-23)6-9-29-36-25-8-7-22(32(3,4)5)16-26(25)37-29/h7-8,10-11,16,18-21,23,27-28,40H,6,9,12-15,17H2,1-5H3,(H,36,37)(H2,33,34,35). The van der Waals surface area contributed by atoms with E-state index in [1.807, 2.05) is 12.3 Å². The first kappa shape index (κ1) is 27.2. The molecule has 3 atom stereocenters. The predicted molar refractivity (Wildman–Crippen MR) is 161 cm³/mol. The number of nitrogens with two attached hydrogens (primary N) is 1. The monoisotopic (exact) mass is 543 g/mol. The highest BCUT2D eigenvalue weighted by molar-refractivity contribution is 5.86. The van der Waals surface area contributed by atoms with E-state index < -0.39 is 0 Å². The van der Waals surface area contributed by atoms with Gasteiger partial charge in [-0.3, -0.25) is 4.90 Å². The molecule has 0 bridgehead atoms. The number of nitrogens with one attached hydrogen (secondary N) is 1. The van der Waals surface area contributed by atoms with E-state index in [-0.39, 0.29) is 17.6 Å². The third-order valence-corrected chi connectivity index (χ3v) is 9.49. The zero-order chi connectivity index (χ0) is 28.2. The number of hydrogen-bond donors (Lipinski definition) is 3. The smallest absolute Gasteiger partial charge is 0.145 e. The molecule has 0 radical (unpaired) electrons. The second-order valence-corrected chi connectivity index (χ2v) is 13.7. The Labute approximate surface area is 237 Å². The SMILES string of the molecule is CC(C)N(CC1CC(O)C(n2ccc3c(N)ncnc32)C1)C1CC(CCc2nc3ccc(C(C)(C)C)cc3[nH]2)C1. The summed E-state index contributed by atoms with van der Waals surface area (Å²) in [6.07, 6.45) is 9.63. The van der Waals surface area contributed by atoms with E-state index in [1.165, 1.54) is 31.2 Å². The molecule has 40 heavy (non-hydrogen) atoms. The van der Waals surface area contributed by atoms with Gasteiger partial charge < -0.3 is 20.4 Å². The molecule has 0 aliphatic heterocycles. The summed E-state index contributed by atoms with van der Waals surface area (Å²) in [5.74, 6) is 2.82. The number of fused-ring (bicyclic) bond motifs is 2. The van der Waals surface area contributed by atoms with Crippen LogP contribution in [0.1, 0.15) is 84.2 Å². The summed E-state index contributed by atoms with van der Waals surface area (Å²) in [4.78, 5) is 19.7. The average Bonchev–Trinajstić information content (AvgIpc) is 3.57. The van der Waals surface area contributed by atoms with Crippen molar-refractivity contribution in [2.75, 3.05) is 12.3 Å². The Hall–Kier alpha value is -2.97. The number of aromatic nitrogens is 5. The first-order valence-corrected chi connectivity index (χ1v) is 15.1. The fourth-order valence-corrected chi connectivity index (χ4v) is 7.07. The number of H-pyrrole nitrogens is 1. The van der Waals surface area contributed by atoms with Crippen LogP contribution in [0.4, 0.5) is 5.82 Å². The van der Waals surface area contributed by atoms with E-state index in [0.29, 0.717) is 23.8 Å². The number of rotatable bonds is 8. The lowest BCUT2D eigenvalue weighted by Gasteiger charge is -2.46. The van der Waals surface area contributed by atoms with Crippen LogP contribution in [-0.4, -0.2) is 59.2 Å². The van der Waals surface area contributed by atoms with Crippen LogP contribution < -0.4 is 5.73 Å². The van der Waals surface area contributed by atoms with E-state index in [0.717, 1.165) is 59.6 Å². The minimum atomic E-state index is -0.372. The number of imidazole rings is 1. The topological polar surface area (TPSA) is 109 Å². The molecule has 2 fully saturated rings. The van der Waals surface area contributed by atoms with Crippen LogP contribution in [0.5, 0.6) is 0 Å². The first-order chi connectivity index (χ1) is 19.1. The third kappa shape index (κ3) is 5.23. The number of aryl methyl sites for hydroxylation is 1. The average molecular weight is 544 g/mol. The highest BCUT2D eigenvalue weighted by atomic mass is 16.3. The van der Waals surface area contributed by atoms with Crippen LogP contribution in [0.2, 0.25) is 0 Å². The van der Waals surface area contributed by atoms with E-state index in [2.05, 4.69) is 77.2 Å². The molecule has 3 unspecified atom stereocenters. The molecule has 0 spiro atoms. The van der Waals surface area contributed by atoms with E-state index in [1.54, 1.807) is 0 Å². The van der Waals surface area contributed by atoms with Gasteiger partial charge in [-0.05, 0) is 87.0 Å². The maximum absolute atomic E-state index is 11.0. The summed E-state index contributed by atoms with van der Waals surface area (Å²) < 4.78 is 2.11. The van der Waals surface area contributed by atoms with Gasteiger partial charge in [0.25, 0.3) is 0 Å². The lowest BCUT2D eigenvalue weighted by molar-refractivity contribution is 0.0355. The Morgan fingerprint density at radius 1 is 1.10 bits per heavy atom. The Morgan fingerprint density at radius 2 is 1.90 bits per heavy atom. The zero-order valence-electron chi connectivity index (χ0n) is 24.6. The summed E-state index contributed by atoms with van der Waals surface area (Å²) in [6.45, 7) is 12.4. The quantitative estimate of drug-likeness (QED) is 0.266. The van der Waals surface area contributed by atoms with Gasteiger partial charge in [0.05, 0.1) is 28.6 Å². The normalized spacial score (nSPS) is 25.4. The summed E-state index contributed by atoms with van der Waals surface area (Å²) >= 11 is 0. The van der Waals surface area contributed by atoms with Crippen LogP contribution in [0.25, 0.3) is 22.1 Å². The highest BCUT2D eigenvalue weighted by Gasteiger charge is 2.40. The van der Waals surface area contributed by atoms with Gasteiger partial charge in [0.2, 0.25) is 0 Å². The van der Waals surface area contributed by atoms with Crippen LogP contribution in [0, 0.1) is 11.8 Å². The summed E-state index contributed by atoms with van der Waals surface area (Å²) in [6, 6.07) is 9.75. The summed E-state index contributed by atoms with van der Waals surface area (Å²) in [7, 11) is 0. The van der Waals surface area contributed by atoms with Gasteiger partial charge in [-0.25, -0.2) is 15.0 Å². The van der Waals surface area contributed by atoms with Gasteiger partial charge >= 0.3 is 0 Å². The molecule has 3 heterocycles. The van der Waals surface area contributed by atoms with E-state index in [4.69, 9.17) is 10.7 Å². The lowest BCUT2D eigenvalue weighted by atomic mass is 9.76. The van der Waals surface area contributed by atoms with Gasteiger partial charge in [0.15, 0.2) is 0 Å². The Bertz CT molecular complexity index is 1480. The Balaban J connectivity index is 1.03. The number of hydrogen-bond acceptors (Lipinski definition) is 6. The number of nitrogen functional groups attached to an aromatic ring is 1. The molecule has 4 aromatic rings. The van der Waals surface area contributed by atoms with Crippen LogP contribution in [0.15, 0.2) is 36.8 Å². The van der Waals surface area contributed by atoms with Gasteiger partial charge in [-0.2, -0.15) is 0 Å². The molecule has 2 aliphatic carbocycles. The lowest BCUT2D eigenvalue weighted by Crippen LogP contribution is -2.49. The van der Waals surface area contributed by atoms with Crippen molar-refractivity contribution in [3.8, 4) is 0 Å². The number of aromatic amines is 1. The maximum Gasteiger partial charge on any atom is 0.145 e. The van der Waals surface area contributed by atoms with Crippen LogP contribution >= 0.6 is 0 Å². The predicted octanol–water partition coefficient (Wildman–Crippen LogP) is 5.62. The number of aliphatic hydroxyl groups is 1. The third-order valence-electron chi connectivity index (χ3n) is 9.49.